The lowest BCUT2D eigenvalue weighted by Gasteiger charge is -2.14. The number of aliphatic hydroxyl groups excluding tert-OH is 2. The third-order valence-electron chi connectivity index (χ3n) is 1.57. The average molecular weight is 172 g/mol. The molecular weight excluding hydrogens is 160 g/mol. The van der Waals surface area contributed by atoms with Crippen molar-refractivity contribution in [3.8, 4) is 0 Å². The molecule has 12 heavy (non-hydrogen) atoms. The zero-order valence-electron chi connectivity index (χ0n) is 6.77. The molecule has 0 spiro atoms. The van der Waals surface area contributed by atoms with E-state index in [0.717, 1.165) is 0 Å². The molecule has 0 aliphatic carbocycles. The first-order valence-corrected chi connectivity index (χ1v) is 3.65. The molecule has 2 atom stereocenters. The Kier molecular flexibility index (Phi) is 3.21. The van der Waals surface area contributed by atoms with Crippen molar-refractivity contribution in [3.63, 3.8) is 0 Å². The summed E-state index contributed by atoms with van der Waals surface area (Å²) in [6, 6.07) is 0. The summed E-state index contributed by atoms with van der Waals surface area (Å²) < 4.78 is 4.52. The van der Waals surface area contributed by atoms with Crippen molar-refractivity contribution in [2.24, 2.45) is 0 Å². The molecule has 5 nitrogen and oxygen atoms in total. The zero-order chi connectivity index (χ0) is 8.97. The summed E-state index contributed by atoms with van der Waals surface area (Å²) in [5.41, 5.74) is 0.484. The summed E-state index contributed by atoms with van der Waals surface area (Å²) in [4.78, 5) is 0. The van der Waals surface area contributed by atoms with Crippen molar-refractivity contribution >= 4 is 0 Å². The van der Waals surface area contributed by atoms with Crippen LogP contribution in [-0.2, 0) is 0 Å². The molecule has 5 heteroatoms. The topological polar surface area (TPSA) is 78.5 Å². The van der Waals surface area contributed by atoms with E-state index in [9.17, 15) is 10.2 Å². The van der Waals surface area contributed by atoms with Crippen LogP contribution in [0.25, 0.3) is 0 Å². The molecule has 3 N–H and O–H groups in total. The van der Waals surface area contributed by atoms with Gasteiger partial charge in [0.05, 0.1) is 12.3 Å². The highest BCUT2D eigenvalue weighted by molar-refractivity contribution is 5.06. The van der Waals surface area contributed by atoms with Gasteiger partial charge in [-0.25, -0.2) is 0 Å². The number of nitrogens with zero attached hydrogens (tertiary/aromatic N) is 1. The number of nitrogens with one attached hydrogen (secondary N) is 1. The smallest absolute Gasteiger partial charge is 0.129 e. The van der Waals surface area contributed by atoms with Crippen LogP contribution < -0.4 is 5.32 Å². The molecule has 0 bridgehead atoms. The van der Waals surface area contributed by atoms with Crippen LogP contribution in [0.15, 0.2) is 17.0 Å². The van der Waals surface area contributed by atoms with Gasteiger partial charge in [-0.1, -0.05) is 5.16 Å². The standard InChI is InChI=1S/C7H12N2O3/c1-8-3-6(10)7(11)5-2-9-12-4-5/h2,4,6-8,10-11H,3H2,1H3. The molecule has 0 saturated carbocycles. The third kappa shape index (κ3) is 2.04. The highest BCUT2D eigenvalue weighted by atomic mass is 16.5. The first kappa shape index (κ1) is 9.18. The Bertz CT molecular complexity index is 212. The number of likely N-dealkylation sites (N-methyl/N-ethyl adjacent to an activating group) is 1. The molecule has 1 rings (SSSR count). The molecule has 0 amide bonds. The Morgan fingerprint density at radius 3 is 2.92 bits per heavy atom. The highest BCUT2D eigenvalue weighted by Gasteiger charge is 2.18. The lowest BCUT2D eigenvalue weighted by Crippen LogP contribution is -2.29. The van der Waals surface area contributed by atoms with E-state index in [0.29, 0.717) is 12.1 Å². The lowest BCUT2D eigenvalue weighted by atomic mass is 10.1. The second-order valence-electron chi connectivity index (χ2n) is 2.53. The van der Waals surface area contributed by atoms with Gasteiger partial charge >= 0.3 is 0 Å². The Hall–Kier alpha value is -0.910. The van der Waals surface area contributed by atoms with E-state index in [2.05, 4.69) is 15.0 Å². The Labute approximate surface area is 70.0 Å². The molecule has 1 aromatic rings. The van der Waals surface area contributed by atoms with Crippen LogP contribution in [0.5, 0.6) is 0 Å². The summed E-state index contributed by atoms with van der Waals surface area (Å²) in [5.74, 6) is 0. The molecule has 1 aromatic heterocycles. The van der Waals surface area contributed by atoms with E-state index in [1.54, 1.807) is 7.05 Å². The van der Waals surface area contributed by atoms with Crippen LogP contribution in [0.1, 0.15) is 11.7 Å². The van der Waals surface area contributed by atoms with E-state index >= 15 is 0 Å². The molecule has 0 saturated heterocycles. The normalized spacial score (nSPS) is 15.9. The second kappa shape index (κ2) is 4.20. The van der Waals surface area contributed by atoms with Gasteiger partial charge < -0.3 is 20.1 Å². The number of hydrogen-bond donors (Lipinski definition) is 3. The minimum absolute atomic E-state index is 0.326. The molecule has 0 aliphatic heterocycles. The van der Waals surface area contributed by atoms with Crippen LogP contribution in [0.4, 0.5) is 0 Å². The predicted molar refractivity (Wildman–Crippen MR) is 41.4 cm³/mol. The van der Waals surface area contributed by atoms with Gasteiger partial charge in [-0.2, -0.15) is 0 Å². The van der Waals surface area contributed by atoms with Crippen molar-refractivity contribution in [2.75, 3.05) is 13.6 Å². The van der Waals surface area contributed by atoms with Gasteiger partial charge in [0.2, 0.25) is 0 Å². The number of rotatable bonds is 4. The quantitative estimate of drug-likeness (QED) is 0.559. The number of aromatic nitrogens is 1. The average Bonchev–Trinajstić information content (AvgIpc) is 2.55. The minimum atomic E-state index is -0.941. The van der Waals surface area contributed by atoms with Gasteiger partial charge in [0, 0.05) is 12.1 Å². The molecule has 68 valence electrons. The maximum absolute atomic E-state index is 9.42. The summed E-state index contributed by atoms with van der Waals surface area (Å²) in [5, 5.41) is 24.9. The Morgan fingerprint density at radius 2 is 2.42 bits per heavy atom. The van der Waals surface area contributed by atoms with Crippen molar-refractivity contribution in [1.29, 1.82) is 0 Å². The van der Waals surface area contributed by atoms with Crippen molar-refractivity contribution in [2.45, 2.75) is 12.2 Å². The molecule has 2 unspecified atom stereocenters. The first-order chi connectivity index (χ1) is 5.75. The molecule has 0 fully saturated rings. The van der Waals surface area contributed by atoms with E-state index < -0.39 is 12.2 Å². The highest BCUT2D eigenvalue weighted by Crippen LogP contribution is 2.14. The van der Waals surface area contributed by atoms with Gasteiger partial charge in [0.15, 0.2) is 0 Å². The number of hydrogen-bond acceptors (Lipinski definition) is 5. The molecule has 0 aliphatic rings. The molecule has 1 heterocycles. The SMILES string of the molecule is CNCC(O)C(O)c1cnoc1. The number of aliphatic hydroxyl groups is 2. The maximum atomic E-state index is 9.42. The molecular formula is C7H12N2O3. The van der Waals surface area contributed by atoms with Gasteiger partial charge in [-0.05, 0) is 7.05 Å². The van der Waals surface area contributed by atoms with Crippen molar-refractivity contribution in [1.82, 2.24) is 10.5 Å². The minimum Gasteiger partial charge on any atom is -0.389 e. The predicted octanol–water partition coefficient (Wildman–Crippen LogP) is -0.712. The third-order valence-corrected chi connectivity index (χ3v) is 1.57. The molecule has 0 aromatic carbocycles. The van der Waals surface area contributed by atoms with E-state index in [-0.39, 0.29) is 0 Å². The van der Waals surface area contributed by atoms with E-state index in [4.69, 9.17) is 0 Å². The first-order valence-electron chi connectivity index (χ1n) is 3.65. The molecule has 0 radical (unpaired) electrons. The fourth-order valence-electron chi connectivity index (χ4n) is 0.902. The van der Waals surface area contributed by atoms with Crippen LogP contribution >= 0.6 is 0 Å². The fraction of sp³-hybridized carbons (Fsp3) is 0.571. The van der Waals surface area contributed by atoms with Crippen LogP contribution in [-0.4, -0.2) is 35.1 Å². The summed E-state index contributed by atoms with van der Waals surface area (Å²) in [6.45, 7) is 0.326. The maximum Gasteiger partial charge on any atom is 0.129 e. The van der Waals surface area contributed by atoms with Crippen LogP contribution in [0.2, 0.25) is 0 Å². The summed E-state index contributed by atoms with van der Waals surface area (Å²) >= 11 is 0. The van der Waals surface area contributed by atoms with E-state index in [1.165, 1.54) is 12.5 Å². The van der Waals surface area contributed by atoms with E-state index in [1.807, 2.05) is 0 Å². The summed E-state index contributed by atoms with van der Waals surface area (Å²) in [7, 11) is 1.70. The van der Waals surface area contributed by atoms with Gasteiger partial charge in [0.1, 0.15) is 12.4 Å². The Balaban J connectivity index is 2.53. The monoisotopic (exact) mass is 172 g/mol. The van der Waals surface area contributed by atoms with Crippen molar-refractivity contribution in [3.05, 3.63) is 18.0 Å². The lowest BCUT2D eigenvalue weighted by molar-refractivity contribution is 0.0199. The zero-order valence-corrected chi connectivity index (χ0v) is 6.77. The Morgan fingerprint density at radius 1 is 1.67 bits per heavy atom. The van der Waals surface area contributed by atoms with Gasteiger partial charge in [-0.15, -0.1) is 0 Å². The van der Waals surface area contributed by atoms with Gasteiger partial charge in [0.25, 0.3) is 0 Å². The van der Waals surface area contributed by atoms with Crippen LogP contribution in [0.3, 0.4) is 0 Å². The second-order valence-corrected chi connectivity index (χ2v) is 2.53. The fourth-order valence-corrected chi connectivity index (χ4v) is 0.902. The largest absolute Gasteiger partial charge is 0.389 e. The van der Waals surface area contributed by atoms with Crippen molar-refractivity contribution < 1.29 is 14.7 Å². The van der Waals surface area contributed by atoms with Crippen LogP contribution in [0, 0.1) is 0 Å². The summed E-state index contributed by atoms with van der Waals surface area (Å²) in [6.07, 6.45) is 0.908. The van der Waals surface area contributed by atoms with Gasteiger partial charge in [-0.3, -0.25) is 0 Å².